The fourth-order valence-corrected chi connectivity index (χ4v) is 3.48. The zero-order chi connectivity index (χ0) is 18.7. The molecular weight excluding hydrogens is 348 g/mol. The van der Waals surface area contributed by atoms with Gasteiger partial charge in [0, 0.05) is 11.9 Å². The Kier molecular flexibility index (Phi) is 5.43. The van der Waals surface area contributed by atoms with Crippen LogP contribution in [0, 0.1) is 0 Å². The summed E-state index contributed by atoms with van der Waals surface area (Å²) < 4.78 is 0. The Morgan fingerprint density at radius 2 is 2.00 bits per heavy atom. The van der Waals surface area contributed by atoms with Crippen LogP contribution in [0.4, 0.5) is 0 Å². The van der Waals surface area contributed by atoms with E-state index in [-0.39, 0.29) is 17.7 Å². The number of piperidine rings is 1. The number of halogens is 1. The molecule has 0 radical (unpaired) electrons. The standard InChI is InChI=1S/C21H21ClN2O2/c1-14-7-6-10-18(17-11-12-19(22)23-13-17)24(14)21(26)20(15(2)25)16-8-4-3-5-9-16/h3-5,8-9,11-13,18,25H,1,6-7,10H2,2H3/b20-15+. The quantitative estimate of drug-likeness (QED) is 0.455. The summed E-state index contributed by atoms with van der Waals surface area (Å²) in [5.74, 6) is -0.256. The van der Waals surface area contributed by atoms with Crippen LogP contribution >= 0.6 is 11.6 Å². The maximum Gasteiger partial charge on any atom is 0.262 e. The number of rotatable bonds is 3. The van der Waals surface area contributed by atoms with Crippen molar-refractivity contribution in [2.75, 3.05) is 0 Å². The highest BCUT2D eigenvalue weighted by Crippen LogP contribution is 2.38. The number of hydrogen-bond donors (Lipinski definition) is 1. The summed E-state index contributed by atoms with van der Waals surface area (Å²) in [4.78, 5) is 19.2. The number of aromatic nitrogens is 1. The first-order valence-corrected chi connectivity index (χ1v) is 8.95. The Hall–Kier alpha value is -2.59. The Balaban J connectivity index is 2.02. The zero-order valence-electron chi connectivity index (χ0n) is 14.7. The smallest absolute Gasteiger partial charge is 0.262 e. The van der Waals surface area contributed by atoms with Crippen LogP contribution in [0.1, 0.15) is 43.4 Å². The average molecular weight is 369 g/mol. The van der Waals surface area contributed by atoms with E-state index >= 15 is 0 Å². The molecule has 26 heavy (non-hydrogen) atoms. The number of likely N-dealkylation sites (tertiary alicyclic amines) is 1. The molecule has 0 spiro atoms. The maximum absolute atomic E-state index is 13.4. The number of allylic oxidation sites excluding steroid dienone is 2. The molecular formula is C21H21ClN2O2. The molecule has 1 fully saturated rings. The van der Waals surface area contributed by atoms with Crippen molar-refractivity contribution in [3.05, 3.63) is 83.0 Å². The summed E-state index contributed by atoms with van der Waals surface area (Å²) in [6, 6.07) is 12.6. The Bertz CT molecular complexity index is 840. The molecule has 3 rings (SSSR count). The zero-order valence-corrected chi connectivity index (χ0v) is 15.4. The molecule has 1 aromatic carbocycles. The molecule has 1 aromatic heterocycles. The molecule has 1 aliphatic rings. The topological polar surface area (TPSA) is 53.4 Å². The minimum atomic E-state index is -0.249. The van der Waals surface area contributed by atoms with Gasteiger partial charge in [0.05, 0.1) is 11.6 Å². The molecule has 4 nitrogen and oxygen atoms in total. The van der Waals surface area contributed by atoms with Gasteiger partial charge in [-0.25, -0.2) is 4.98 Å². The van der Waals surface area contributed by atoms with Gasteiger partial charge in [0.1, 0.15) is 10.9 Å². The summed E-state index contributed by atoms with van der Waals surface area (Å²) in [5, 5.41) is 10.6. The fraction of sp³-hybridized carbons (Fsp3) is 0.238. The number of aliphatic hydroxyl groups excluding tert-OH is 1. The molecule has 1 saturated heterocycles. The molecule has 1 amide bonds. The lowest BCUT2D eigenvalue weighted by molar-refractivity contribution is -0.126. The summed E-state index contributed by atoms with van der Waals surface area (Å²) in [7, 11) is 0. The third-order valence-electron chi connectivity index (χ3n) is 4.59. The van der Waals surface area contributed by atoms with Gasteiger partial charge < -0.3 is 10.0 Å². The lowest BCUT2D eigenvalue weighted by Crippen LogP contribution is -2.37. The van der Waals surface area contributed by atoms with Crippen molar-refractivity contribution in [3.8, 4) is 0 Å². The Labute approximate surface area is 158 Å². The van der Waals surface area contributed by atoms with E-state index in [4.69, 9.17) is 11.6 Å². The predicted octanol–water partition coefficient (Wildman–Crippen LogP) is 5.29. The number of carbonyl (C=O) groups is 1. The van der Waals surface area contributed by atoms with Gasteiger partial charge >= 0.3 is 0 Å². The monoisotopic (exact) mass is 368 g/mol. The third kappa shape index (κ3) is 3.65. The summed E-state index contributed by atoms with van der Waals surface area (Å²) in [6.45, 7) is 5.63. The van der Waals surface area contributed by atoms with Gasteiger partial charge in [0.15, 0.2) is 0 Å². The number of carbonyl (C=O) groups excluding carboxylic acids is 1. The molecule has 1 atom stereocenters. The van der Waals surface area contributed by atoms with Crippen LogP contribution in [0.25, 0.3) is 5.57 Å². The fourth-order valence-electron chi connectivity index (χ4n) is 3.37. The Morgan fingerprint density at radius 3 is 2.62 bits per heavy atom. The lowest BCUT2D eigenvalue weighted by atomic mass is 9.92. The predicted molar refractivity (Wildman–Crippen MR) is 103 cm³/mol. The first-order valence-electron chi connectivity index (χ1n) is 8.57. The molecule has 1 aliphatic heterocycles. The number of aliphatic hydroxyl groups is 1. The van der Waals surface area contributed by atoms with Gasteiger partial charge in [0.2, 0.25) is 0 Å². The van der Waals surface area contributed by atoms with Crippen molar-refractivity contribution < 1.29 is 9.90 Å². The molecule has 0 saturated carbocycles. The van der Waals surface area contributed by atoms with E-state index in [1.165, 1.54) is 6.92 Å². The van der Waals surface area contributed by atoms with E-state index in [1.54, 1.807) is 17.2 Å². The SMILES string of the molecule is C=C1CCCC(c2ccc(Cl)nc2)N1C(=O)/C(=C(\C)O)c1ccccc1. The highest BCUT2D eigenvalue weighted by molar-refractivity contribution is 6.29. The minimum Gasteiger partial charge on any atom is -0.512 e. The van der Waals surface area contributed by atoms with Crippen LogP contribution in [0.5, 0.6) is 0 Å². The van der Waals surface area contributed by atoms with Gasteiger partial charge in [-0.2, -0.15) is 0 Å². The number of benzene rings is 1. The summed E-state index contributed by atoms with van der Waals surface area (Å²) in [6.07, 6.45) is 4.19. The second-order valence-electron chi connectivity index (χ2n) is 6.39. The van der Waals surface area contributed by atoms with E-state index in [0.717, 1.165) is 30.5 Å². The van der Waals surface area contributed by atoms with E-state index in [2.05, 4.69) is 11.6 Å². The van der Waals surface area contributed by atoms with E-state index in [0.29, 0.717) is 16.3 Å². The number of pyridine rings is 1. The number of nitrogens with zero attached hydrogens (tertiary/aromatic N) is 2. The minimum absolute atomic E-state index is 0.00689. The summed E-state index contributed by atoms with van der Waals surface area (Å²) >= 11 is 5.90. The van der Waals surface area contributed by atoms with Crippen LogP contribution in [-0.4, -0.2) is 20.9 Å². The largest absolute Gasteiger partial charge is 0.512 e. The van der Waals surface area contributed by atoms with Gasteiger partial charge in [-0.3, -0.25) is 4.79 Å². The van der Waals surface area contributed by atoms with Crippen LogP contribution < -0.4 is 0 Å². The third-order valence-corrected chi connectivity index (χ3v) is 4.81. The maximum atomic E-state index is 13.4. The normalized spacial score (nSPS) is 18.5. The Morgan fingerprint density at radius 1 is 1.27 bits per heavy atom. The van der Waals surface area contributed by atoms with Gasteiger partial charge in [-0.05, 0) is 43.4 Å². The molecule has 2 heterocycles. The van der Waals surface area contributed by atoms with Crippen LogP contribution in [0.15, 0.2) is 66.7 Å². The number of hydrogen-bond acceptors (Lipinski definition) is 3. The summed E-state index contributed by atoms with van der Waals surface area (Å²) in [5.41, 5.74) is 2.63. The lowest BCUT2D eigenvalue weighted by Gasteiger charge is -2.38. The van der Waals surface area contributed by atoms with E-state index in [9.17, 15) is 9.90 Å². The second kappa shape index (κ2) is 7.75. The van der Waals surface area contributed by atoms with Gasteiger partial charge in [0.25, 0.3) is 5.91 Å². The van der Waals surface area contributed by atoms with Gasteiger partial charge in [-0.15, -0.1) is 0 Å². The van der Waals surface area contributed by atoms with Crippen LogP contribution in [0.3, 0.4) is 0 Å². The van der Waals surface area contributed by atoms with Crippen LogP contribution in [0.2, 0.25) is 5.15 Å². The van der Waals surface area contributed by atoms with Crippen molar-refractivity contribution in [1.29, 1.82) is 0 Å². The van der Waals surface area contributed by atoms with E-state index in [1.807, 2.05) is 36.4 Å². The molecule has 1 N–H and O–H groups in total. The second-order valence-corrected chi connectivity index (χ2v) is 6.78. The highest BCUT2D eigenvalue weighted by Gasteiger charge is 2.33. The molecule has 1 unspecified atom stereocenters. The highest BCUT2D eigenvalue weighted by atomic mass is 35.5. The van der Waals surface area contributed by atoms with Gasteiger partial charge in [-0.1, -0.05) is 54.6 Å². The molecule has 0 aliphatic carbocycles. The van der Waals surface area contributed by atoms with E-state index < -0.39 is 0 Å². The van der Waals surface area contributed by atoms with Crippen molar-refractivity contribution in [2.24, 2.45) is 0 Å². The van der Waals surface area contributed by atoms with Crippen molar-refractivity contribution >= 4 is 23.1 Å². The van der Waals surface area contributed by atoms with Crippen molar-refractivity contribution in [3.63, 3.8) is 0 Å². The van der Waals surface area contributed by atoms with Crippen molar-refractivity contribution in [1.82, 2.24) is 9.88 Å². The molecule has 2 aromatic rings. The molecule has 5 heteroatoms. The van der Waals surface area contributed by atoms with Crippen LogP contribution in [-0.2, 0) is 4.79 Å². The first kappa shape index (κ1) is 18.2. The average Bonchev–Trinajstić information content (AvgIpc) is 2.63. The van der Waals surface area contributed by atoms with Crippen molar-refractivity contribution in [2.45, 2.75) is 32.2 Å². The number of amides is 1. The molecule has 134 valence electrons. The first-order chi connectivity index (χ1) is 12.5. The molecule has 0 bridgehead atoms.